The number of hydrogen-bond acceptors (Lipinski definition) is 4. The Labute approximate surface area is 92.3 Å². The van der Waals surface area contributed by atoms with Crippen LogP contribution in [-0.4, -0.2) is 15.3 Å². The van der Waals surface area contributed by atoms with Crippen LogP contribution in [0.1, 0.15) is 5.56 Å². The van der Waals surface area contributed by atoms with Crippen molar-refractivity contribution in [2.45, 2.75) is 0 Å². The second kappa shape index (κ2) is 4.39. The lowest BCUT2D eigenvalue weighted by molar-refractivity contribution is -0.384. The molecular weight excluding hydrogens is 275 g/mol. The molecule has 1 aromatic carbocycles. The highest BCUT2D eigenvalue weighted by Crippen LogP contribution is 2.22. The van der Waals surface area contributed by atoms with Crippen LogP contribution in [-0.2, 0) is 0 Å². The summed E-state index contributed by atoms with van der Waals surface area (Å²) >= 11 is 8.57. The molecule has 7 heteroatoms. The van der Waals surface area contributed by atoms with Gasteiger partial charge in [0.05, 0.1) is 4.92 Å². The Morgan fingerprint density at radius 1 is 1.57 bits per heavy atom. The minimum Gasteiger partial charge on any atom is -0.410 e. The van der Waals surface area contributed by atoms with Crippen LogP contribution in [0.2, 0.25) is 0 Å². The van der Waals surface area contributed by atoms with Crippen molar-refractivity contribution in [2.24, 2.45) is 5.16 Å². The molecule has 0 heterocycles. The maximum Gasteiger partial charge on any atom is 0.271 e. The number of non-ortho nitro benzene ring substituents is 1. The van der Waals surface area contributed by atoms with E-state index in [1.54, 1.807) is 0 Å². The first-order valence-electron chi connectivity index (χ1n) is 3.37. The summed E-state index contributed by atoms with van der Waals surface area (Å²) < 4.78 is 0.489. The molecule has 0 spiro atoms. The van der Waals surface area contributed by atoms with Crippen molar-refractivity contribution in [3.8, 4) is 0 Å². The zero-order valence-corrected chi connectivity index (χ0v) is 8.99. The Balaban J connectivity index is 3.27. The van der Waals surface area contributed by atoms with E-state index in [9.17, 15) is 10.1 Å². The van der Waals surface area contributed by atoms with Crippen LogP contribution < -0.4 is 0 Å². The minimum atomic E-state index is -0.560. The molecule has 0 fully saturated rings. The number of nitrogens with zero attached hydrogens (tertiary/aromatic N) is 2. The molecule has 0 unspecified atom stereocenters. The number of oxime groups is 1. The molecule has 5 nitrogen and oxygen atoms in total. The van der Waals surface area contributed by atoms with E-state index in [2.05, 4.69) is 21.1 Å². The topological polar surface area (TPSA) is 75.7 Å². The predicted octanol–water partition coefficient (Wildman–Crippen LogP) is 2.73. The summed E-state index contributed by atoms with van der Waals surface area (Å²) in [6.07, 6.45) is 0. The molecule has 74 valence electrons. The zero-order valence-electron chi connectivity index (χ0n) is 6.65. The first-order chi connectivity index (χ1) is 6.54. The summed E-state index contributed by atoms with van der Waals surface area (Å²) in [7, 11) is 0. The Hall–Kier alpha value is -1.14. The fourth-order valence-electron chi connectivity index (χ4n) is 0.856. The van der Waals surface area contributed by atoms with Gasteiger partial charge >= 0.3 is 0 Å². The predicted molar refractivity (Wildman–Crippen MR) is 55.0 cm³/mol. The van der Waals surface area contributed by atoms with Crippen molar-refractivity contribution in [1.82, 2.24) is 0 Å². The first-order valence-corrected chi connectivity index (χ1v) is 4.54. The lowest BCUT2D eigenvalue weighted by atomic mass is 10.2. The van der Waals surface area contributed by atoms with Gasteiger partial charge in [-0.05, 0) is 6.07 Å². The fourth-order valence-corrected chi connectivity index (χ4v) is 1.45. The molecule has 0 aliphatic rings. The summed E-state index contributed by atoms with van der Waals surface area (Å²) in [5.41, 5.74) is 0.145. The van der Waals surface area contributed by atoms with Crippen LogP contribution in [0.4, 0.5) is 5.69 Å². The third-order valence-corrected chi connectivity index (χ3v) is 2.17. The third kappa shape index (κ3) is 2.43. The minimum absolute atomic E-state index is 0.129. The highest BCUT2D eigenvalue weighted by atomic mass is 79.9. The summed E-state index contributed by atoms with van der Waals surface area (Å²) in [4.78, 5) is 9.90. The Kier molecular flexibility index (Phi) is 3.43. The van der Waals surface area contributed by atoms with Crippen LogP contribution in [0.15, 0.2) is 27.8 Å². The number of hydrogen-bond donors (Lipinski definition) is 1. The quantitative estimate of drug-likeness (QED) is 0.391. The van der Waals surface area contributed by atoms with Crippen LogP contribution in [0.3, 0.4) is 0 Å². The monoisotopic (exact) mass is 278 g/mol. The maximum absolute atomic E-state index is 10.5. The van der Waals surface area contributed by atoms with Gasteiger partial charge in [0.25, 0.3) is 5.69 Å². The zero-order chi connectivity index (χ0) is 10.7. The summed E-state index contributed by atoms with van der Waals surface area (Å²) in [6, 6.07) is 4.05. The lowest BCUT2D eigenvalue weighted by Crippen LogP contribution is -1.94. The third-order valence-electron chi connectivity index (χ3n) is 1.42. The number of halogens is 2. The van der Waals surface area contributed by atoms with Gasteiger partial charge in [-0.1, -0.05) is 32.7 Å². The van der Waals surface area contributed by atoms with Crippen molar-refractivity contribution in [1.29, 1.82) is 0 Å². The Bertz CT molecular complexity index is 408. The van der Waals surface area contributed by atoms with E-state index in [1.807, 2.05) is 0 Å². The average molecular weight is 279 g/mol. The van der Waals surface area contributed by atoms with Crippen molar-refractivity contribution in [3.63, 3.8) is 0 Å². The van der Waals surface area contributed by atoms with Crippen molar-refractivity contribution >= 4 is 38.4 Å². The van der Waals surface area contributed by atoms with Gasteiger partial charge in [0.2, 0.25) is 0 Å². The normalized spacial score (nSPS) is 11.4. The second-order valence-corrected chi connectivity index (χ2v) is 3.62. The van der Waals surface area contributed by atoms with Gasteiger partial charge in [0.15, 0.2) is 5.17 Å². The molecule has 0 aromatic heterocycles. The number of nitro groups is 1. The average Bonchev–Trinajstić information content (AvgIpc) is 2.15. The fraction of sp³-hybridized carbons (Fsp3) is 0. The highest BCUT2D eigenvalue weighted by Gasteiger charge is 2.11. The number of nitro benzene ring substituents is 1. The van der Waals surface area contributed by atoms with Gasteiger partial charge in [-0.15, -0.1) is 0 Å². The lowest BCUT2D eigenvalue weighted by Gasteiger charge is -1.98. The molecule has 0 radical (unpaired) electrons. The number of rotatable bonds is 2. The van der Waals surface area contributed by atoms with Crippen molar-refractivity contribution in [2.75, 3.05) is 0 Å². The highest BCUT2D eigenvalue weighted by molar-refractivity contribution is 9.10. The SMILES string of the molecule is O=[N+]([O-])c1cc(Br)cc(C(Cl)=NO)c1. The van der Waals surface area contributed by atoms with E-state index in [4.69, 9.17) is 16.8 Å². The molecule has 1 N–H and O–H groups in total. The van der Waals surface area contributed by atoms with Gasteiger partial charge < -0.3 is 5.21 Å². The summed E-state index contributed by atoms with van der Waals surface area (Å²) in [6.45, 7) is 0. The van der Waals surface area contributed by atoms with Gasteiger partial charge in [-0.3, -0.25) is 10.1 Å². The number of benzene rings is 1. The Morgan fingerprint density at radius 2 is 2.21 bits per heavy atom. The molecule has 0 aliphatic heterocycles. The smallest absolute Gasteiger partial charge is 0.271 e. The largest absolute Gasteiger partial charge is 0.410 e. The second-order valence-electron chi connectivity index (χ2n) is 2.35. The van der Waals surface area contributed by atoms with E-state index in [-0.39, 0.29) is 16.4 Å². The molecule has 1 aromatic rings. The van der Waals surface area contributed by atoms with E-state index in [1.165, 1.54) is 18.2 Å². The Morgan fingerprint density at radius 3 is 2.71 bits per heavy atom. The van der Waals surface area contributed by atoms with E-state index in [0.29, 0.717) is 4.47 Å². The molecule has 0 bridgehead atoms. The van der Waals surface area contributed by atoms with Crippen LogP contribution in [0.5, 0.6) is 0 Å². The maximum atomic E-state index is 10.5. The molecular formula is C7H4BrClN2O3. The molecule has 14 heavy (non-hydrogen) atoms. The summed E-state index contributed by atoms with van der Waals surface area (Å²) in [5, 5.41) is 21.4. The molecule has 0 saturated carbocycles. The van der Waals surface area contributed by atoms with E-state index >= 15 is 0 Å². The molecule has 1 rings (SSSR count). The van der Waals surface area contributed by atoms with Crippen LogP contribution in [0, 0.1) is 10.1 Å². The molecule has 0 amide bonds. The van der Waals surface area contributed by atoms with Crippen molar-refractivity contribution in [3.05, 3.63) is 38.3 Å². The standard InChI is InChI=1S/C7H4BrClN2O3/c8-5-1-4(7(9)10-12)2-6(3-5)11(13)14/h1-3,12H. The van der Waals surface area contributed by atoms with E-state index < -0.39 is 4.92 Å². The molecule has 0 saturated heterocycles. The van der Waals surface area contributed by atoms with Gasteiger partial charge in [0.1, 0.15) is 0 Å². The van der Waals surface area contributed by atoms with Crippen LogP contribution in [0.25, 0.3) is 0 Å². The van der Waals surface area contributed by atoms with Crippen molar-refractivity contribution < 1.29 is 10.1 Å². The summed E-state index contributed by atoms with van der Waals surface area (Å²) in [5.74, 6) is 0. The van der Waals surface area contributed by atoms with Crippen LogP contribution >= 0.6 is 27.5 Å². The molecule has 0 atom stereocenters. The van der Waals surface area contributed by atoms with Gasteiger partial charge in [0, 0.05) is 22.2 Å². The van der Waals surface area contributed by atoms with Gasteiger partial charge in [-0.2, -0.15) is 0 Å². The van der Waals surface area contributed by atoms with Gasteiger partial charge in [-0.25, -0.2) is 0 Å². The van der Waals surface area contributed by atoms with E-state index in [0.717, 1.165) is 0 Å². The molecule has 0 aliphatic carbocycles. The first kappa shape index (κ1) is 10.9.